The monoisotopic (exact) mass is 209 g/mol. The summed E-state index contributed by atoms with van der Waals surface area (Å²) in [6, 6.07) is 2.39. The van der Waals surface area contributed by atoms with E-state index in [1.165, 1.54) is 5.69 Å². The second kappa shape index (κ2) is 5.31. The summed E-state index contributed by atoms with van der Waals surface area (Å²) in [7, 11) is 1.99. The first-order valence-electron chi connectivity index (χ1n) is 5.83. The second-order valence-electron chi connectivity index (χ2n) is 4.35. The first-order chi connectivity index (χ1) is 7.08. The molecule has 3 nitrogen and oxygen atoms in total. The lowest BCUT2D eigenvalue weighted by atomic mass is 9.91. The Kier molecular flexibility index (Phi) is 4.33. The number of aromatic nitrogens is 2. The third kappa shape index (κ3) is 3.06. The molecule has 1 rings (SSSR count). The normalized spacial score (nSPS) is 13.5. The largest absolute Gasteiger partial charge is 0.327 e. The van der Waals surface area contributed by atoms with Crippen LogP contribution in [0.1, 0.15) is 38.1 Å². The minimum atomic E-state index is 0.259. The smallest absolute Gasteiger partial charge is 0.0596 e. The van der Waals surface area contributed by atoms with E-state index in [1.54, 1.807) is 0 Å². The molecule has 3 heteroatoms. The van der Waals surface area contributed by atoms with Gasteiger partial charge in [0.2, 0.25) is 0 Å². The lowest BCUT2D eigenvalue weighted by Gasteiger charge is -2.20. The molecule has 0 saturated carbocycles. The topological polar surface area (TPSA) is 43.8 Å². The summed E-state index contributed by atoms with van der Waals surface area (Å²) >= 11 is 0. The predicted octanol–water partition coefficient (Wildman–Crippen LogP) is 2.03. The number of hydrogen-bond acceptors (Lipinski definition) is 2. The van der Waals surface area contributed by atoms with Gasteiger partial charge in [-0.2, -0.15) is 5.10 Å². The van der Waals surface area contributed by atoms with E-state index in [0.717, 1.165) is 25.0 Å². The zero-order valence-electron chi connectivity index (χ0n) is 10.3. The first-order valence-corrected chi connectivity index (χ1v) is 5.83. The fourth-order valence-corrected chi connectivity index (χ4v) is 2.16. The molecule has 0 radical (unpaired) electrons. The molecule has 1 heterocycles. The molecule has 2 N–H and O–H groups in total. The maximum Gasteiger partial charge on any atom is 0.0596 e. The van der Waals surface area contributed by atoms with E-state index in [4.69, 9.17) is 5.73 Å². The van der Waals surface area contributed by atoms with Crippen molar-refractivity contribution < 1.29 is 0 Å². The van der Waals surface area contributed by atoms with Crippen LogP contribution in [0.25, 0.3) is 0 Å². The van der Waals surface area contributed by atoms with Crippen LogP contribution < -0.4 is 5.73 Å². The Labute approximate surface area is 92.7 Å². The Bertz CT molecular complexity index is 300. The summed E-state index contributed by atoms with van der Waals surface area (Å²) < 4.78 is 1.94. The van der Waals surface area contributed by atoms with E-state index < -0.39 is 0 Å². The highest BCUT2D eigenvalue weighted by atomic mass is 15.3. The van der Waals surface area contributed by atoms with Gasteiger partial charge in [0.05, 0.1) is 5.69 Å². The molecule has 1 aromatic heterocycles. The van der Waals surface area contributed by atoms with Crippen molar-refractivity contribution in [2.75, 3.05) is 0 Å². The van der Waals surface area contributed by atoms with E-state index in [9.17, 15) is 0 Å². The lowest BCUT2D eigenvalue weighted by Crippen LogP contribution is -2.32. The Hall–Kier alpha value is -0.830. The molecular formula is C12H23N3. The Morgan fingerprint density at radius 1 is 1.40 bits per heavy atom. The van der Waals surface area contributed by atoms with E-state index >= 15 is 0 Å². The molecule has 0 aromatic carbocycles. The van der Waals surface area contributed by atoms with Crippen molar-refractivity contribution in [3.8, 4) is 0 Å². The minimum Gasteiger partial charge on any atom is -0.327 e. The van der Waals surface area contributed by atoms with Gasteiger partial charge >= 0.3 is 0 Å². The van der Waals surface area contributed by atoms with Crippen LogP contribution in [-0.4, -0.2) is 15.8 Å². The Balaban J connectivity index is 2.64. The van der Waals surface area contributed by atoms with Gasteiger partial charge in [-0.25, -0.2) is 0 Å². The van der Waals surface area contributed by atoms with Gasteiger partial charge in [0.25, 0.3) is 0 Å². The van der Waals surface area contributed by atoms with Crippen LogP contribution in [0.15, 0.2) is 6.07 Å². The molecular weight excluding hydrogens is 186 g/mol. The van der Waals surface area contributed by atoms with E-state index in [0.29, 0.717) is 5.92 Å². The molecule has 1 unspecified atom stereocenters. The number of aryl methyl sites for hydroxylation is 2. The summed E-state index contributed by atoms with van der Waals surface area (Å²) in [4.78, 5) is 0. The van der Waals surface area contributed by atoms with Crippen molar-refractivity contribution in [3.63, 3.8) is 0 Å². The van der Waals surface area contributed by atoms with Gasteiger partial charge in [0, 0.05) is 25.2 Å². The first kappa shape index (κ1) is 12.2. The molecule has 0 fully saturated rings. The highest BCUT2D eigenvalue weighted by Crippen LogP contribution is 2.15. The van der Waals surface area contributed by atoms with Crippen molar-refractivity contribution in [2.24, 2.45) is 18.7 Å². The zero-order chi connectivity index (χ0) is 11.4. The van der Waals surface area contributed by atoms with E-state index in [-0.39, 0.29) is 6.04 Å². The Morgan fingerprint density at radius 2 is 2.00 bits per heavy atom. The van der Waals surface area contributed by atoms with Crippen molar-refractivity contribution in [1.29, 1.82) is 0 Å². The molecule has 0 bridgehead atoms. The quantitative estimate of drug-likeness (QED) is 0.806. The lowest BCUT2D eigenvalue weighted by molar-refractivity contribution is 0.387. The van der Waals surface area contributed by atoms with E-state index in [1.807, 2.05) is 18.7 Å². The van der Waals surface area contributed by atoms with Gasteiger partial charge in [-0.15, -0.1) is 0 Å². The summed E-state index contributed by atoms with van der Waals surface area (Å²) in [5.74, 6) is 0.625. The zero-order valence-corrected chi connectivity index (χ0v) is 10.3. The van der Waals surface area contributed by atoms with Crippen molar-refractivity contribution in [2.45, 2.75) is 46.1 Å². The molecule has 0 aliphatic heterocycles. The maximum atomic E-state index is 6.21. The van der Waals surface area contributed by atoms with E-state index in [2.05, 4.69) is 25.0 Å². The maximum absolute atomic E-state index is 6.21. The average Bonchev–Trinajstić information content (AvgIpc) is 2.47. The molecule has 0 amide bonds. The standard InChI is InChI=1S/C12H23N3/c1-5-10(6-2)12(13)8-11-7-9(3)14-15(11)4/h7,10,12H,5-6,8,13H2,1-4H3. The number of rotatable bonds is 5. The van der Waals surface area contributed by atoms with Crippen LogP contribution in [0.5, 0.6) is 0 Å². The summed E-state index contributed by atoms with van der Waals surface area (Å²) in [6.45, 7) is 6.44. The highest BCUT2D eigenvalue weighted by molar-refractivity contribution is 5.10. The SMILES string of the molecule is CCC(CC)C(N)Cc1cc(C)nn1C. The van der Waals surface area contributed by atoms with Gasteiger partial charge < -0.3 is 5.73 Å². The van der Waals surface area contributed by atoms with Crippen molar-refractivity contribution in [1.82, 2.24) is 9.78 Å². The number of nitrogens with zero attached hydrogens (tertiary/aromatic N) is 2. The Morgan fingerprint density at radius 3 is 2.40 bits per heavy atom. The van der Waals surface area contributed by atoms with Gasteiger partial charge in [0.1, 0.15) is 0 Å². The number of nitrogens with two attached hydrogens (primary N) is 1. The van der Waals surface area contributed by atoms with Gasteiger partial charge in [-0.05, 0) is 18.9 Å². The highest BCUT2D eigenvalue weighted by Gasteiger charge is 2.16. The second-order valence-corrected chi connectivity index (χ2v) is 4.35. The average molecular weight is 209 g/mol. The van der Waals surface area contributed by atoms with Crippen LogP contribution in [0.3, 0.4) is 0 Å². The fourth-order valence-electron chi connectivity index (χ4n) is 2.16. The van der Waals surface area contributed by atoms with Gasteiger partial charge in [-0.3, -0.25) is 4.68 Å². The summed E-state index contributed by atoms with van der Waals surface area (Å²) in [5.41, 5.74) is 8.52. The van der Waals surface area contributed by atoms with Gasteiger partial charge in [0.15, 0.2) is 0 Å². The van der Waals surface area contributed by atoms with Crippen molar-refractivity contribution >= 4 is 0 Å². The van der Waals surface area contributed by atoms with Crippen LogP contribution in [0, 0.1) is 12.8 Å². The van der Waals surface area contributed by atoms with Gasteiger partial charge in [-0.1, -0.05) is 26.7 Å². The van der Waals surface area contributed by atoms with Crippen LogP contribution in [-0.2, 0) is 13.5 Å². The minimum absolute atomic E-state index is 0.259. The molecule has 86 valence electrons. The van der Waals surface area contributed by atoms with Crippen LogP contribution >= 0.6 is 0 Å². The van der Waals surface area contributed by atoms with Crippen molar-refractivity contribution in [3.05, 3.63) is 17.5 Å². The third-order valence-corrected chi connectivity index (χ3v) is 3.20. The molecule has 0 spiro atoms. The molecule has 1 aromatic rings. The third-order valence-electron chi connectivity index (χ3n) is 3.20. The molecule has 0 aliphatic rings. The molecule has 0 saturated heterocycles. The van der Waals surface area contributed by atoms with Crippen LogP contribution in [0.4, 0.5) is 0 Å². The summed E-state index contributed by atoms with van der Waals surface area (Å²) in [6.07, 6.45) is 3.26. The molecule has 0 aliphatic carbocycles. The molecule has 15 heavy (non-hydrogen) atoms. The molecule has 1 atom stereocenters. The predicted molar refractivity (Wildman–Crippen MR) is 63.7 cm³/mol. The number of hydrogen-bond donors (Lipinski definition) is 1. The van der Waals surface area contributed by atoms with Crippen LogP contribution in [0.2, 0.25) is 0 Å². The fraction of sp³-hybridized carbons (Fsp3) is 0.750. The summed E-state index contributed by atoms with van der Waals surface area (Å²) in [5, 5.41) is 4.34.